The molecule has 2 rings (SSSR count). The van der Waals surface area contributed by atoms with Crippen LogP contribution in [0.15, 0.2) is 15.4 Å². The fourth-order valence-corrected chi connectivity index (χ4v) is 2.13. The lowest BCUT2D eigenvalue weighted by molar-refractivity contribution is 0.649. The number of aryl methyl sites for hydroxylation is 1. The minimum absolute atomic E-state index is 0.752. The maximum Gasteiger partial charge on any atom is 0.0843 e. The Morgan fingerprint density at radius 3 is 2.79 bits per heavy atom. The van der Waals surface area contributed by atoms with E-state index in [0.717, 1.165) is 28.1 Å². The average Bonchev–Trinajstić information content (AvgIpc) is 2.73. The van der Waals surface area contributed by atoms with Crippen molar-refractivity contribution in [1.29, 1.82) is 0 Å². The molecule has 3 nitrogen and oxygen atoms in total. The van der Waals surface area contributed by atoms with Crippen LogP contribution in [0.5, 0.6) is 0 Å². The van der Waals surface area contributed by atoms with E-state index in [0.29, 0.717) is 0 Å². The fraction of sp³-hybridized carbons (Fsp3) is 0.333. The lowest BCUT2D eigenvalue weighted by atomic mass is 10.4. The van der Waals surface area contributed by atoms with Gasteiger partial charge in [-0.3, -0.25) is 4.68 Å². The first-order chi connectivity index (χ1) is 6.68. The van der Waals surface area contributed by atoms with Gasteiger partial charge < -0.3 is 0 Å². The Labute approximate surface area is 94.9 Å². The van der Waals surface area contributed by atoms with Crippen LogP contribution in [-0.2, 0) is 6.54 Å². The molecule has 2 aromatic heterocycles. The zero-order valence-corrected chi connectivity index (χ0v) is 10.4. The predicted octanol–water partition coefficient (Wildman–Crippen LogP) is 2.77. The number of hydrogen-bond donors (Lipinski definition) is 0. The summed E-state index contributed by atoms with van der Waals surface area (Å²) in [5.74, 6) is 0. The van der Waals surface area contributed by atoms with Crippen LogP contribution in [0.1, 0.15) is 17.1 Å². The van der Waals surface area contributed by atoms with E-state index < -0.39 is 0 Å². The summed E-state index contributed by atoms with van der Waals surface area (Å²) < 4.78 is 3.06. The molecule has 0 bridgehead atoms. The summed E-state index contributed by atoms with van der Waals surface area (Å²) in [5.41, 5.74) is 5.08. The Balaban J connectivity index is 2.30. The van der Waals surface area contributed by atoms with Crippen molar-refractivity contribution >= 4 is 27.3 Å². The monoisotopic (exact) mass is 271 g/mol. The molecule has 0 saturated carbocycles. The van der Waals surface area contributed by atoms with Gasteiger partial charge in [0, 0.05) is 5.38 Å². The summed E-state index contributed by atoms with van der Waals surface area (Å²) in [7, 11) is 0. The Bertz CT molecular complexity index is 433. The van der Waals surface area contributed by atoms with Crippen LogP contribution in [0.4, 0.5) is 0 Å². The summed E-state index contributed by atoms with van der Waals surface area (Å²) in [6, 6.07) is 0. The largest absolute Gasteiger partial charge is 0.262 e. The van der Waals surface area contributed by atoms with Gasteiger partial charge >= 0.3 is 0 Å². The quantitative estimate of drug-likeness (QED) is 0.841. The average molecular weight is 272 g/mol. The third-order valence-electron chi connectivity index (χ3n) is 2.09. The van der Waals surface area contributed by atoms with Crippen LogP contribution in [-0.4, -0.2) is 14.8 Å². The number of aromatic nitrogens is 3. The van der Waals surface area contributed by atoms with Gasteiger partial charge in [0.15, 0.2) is 0 Å². The molecule has 0 saturated heterocycles. The van der Waals surface area contributed by atoms with Crippen LogP contribution in [0.2, 0.25) is 0 Å². The summed E-state index contributed by atoms with van der Waals surface area (Å²) in [6.45, 7) is 4.80. The molecule has 0 aliphatic carbocycles. The van der Waals surface area contributed by atoms with E-state index >= 15 is 0 Å². The normalized spacial score (nSPS) is 10.8. The molecule has 0 radical (unpaired) electrons. The van der Waals surface area contributed by atoms with Crippen LogP contribution in [0, 0.1) is 13.8 Å². The van der Waals surface area contributed by atoms with Gasteiger partial charge in [-0.15, -0.1) is 11.3 Å². The third-order valence-corrected chi connectivity index (χ3v) is 3.87. The maximum atomic E-state index is 4.42. The summed E-state index contributed by atoms with van der Waals surface area (Å²) in [4.78, 5) is 4.23. The van der Waals surface area contributed by atoms with Gasteiger partial charge in [-0.25, -0.2) is 4.98 Å². The molecule has 0 atom stereocenters. The van der Waals surface area contributed by atoms with Gasteiger partial charge in [0.25, 0.3) is 0 Å². The smallest absolute Gasteiger partial charge is 0.0843 e. The number of hydrogen-bond acceptors (Lipinski definition) is 3. The van der Waals surface area contributed by atoms with E-state index in [-0.39, 0.29) is 0 Å². The second-order valence-corrected chi connectivity index (χ2v) is 4.63. The van der Waals surface area contributed by atoms with Crippen LogP contribution in [0.3, 0.4) is 0 Å². The molecule has 0 aliphatic rings. The van der Waals surface area contributed by atoms with Crippen molar-refractivity contribution in [2.45, 2.75) is 20.4 Å². The molecular formula is C9H10BrN3S. The highest BCUT2D eigenvalue weighted by atomic mass is 79.9. The lowest BCUT2D eigenvalue weighted by Gasteiger charge is -2.00. The van der Waals surface area contributed by atoms with E-state index in [1.165, 1.54) is 0 Å². The van der Waals surface area contributed by atoms with Gasteiger partial charge in [-0.05, 0) is 29.8 Å². The van der Waals surface area contributed by atoms with Crippen molar-refractivity contribution < 1.29 is 0 Å². The standard InChI is InChI=1S/C9H10BrN3S/c1-6-9(10)7(2)13(12-6)3-8-4-14-5-11-8/h4-5H,3H2,1-2H3. The Morgan fingerprint density at radius 2 is 2.29 bits per heavy atom. The third kappa shape index (κ3) is 1.74. The Morgan fingerprint density at radius 1 is 1.50 bits per heavy atom. The number of nitrogens with zero attached hydrogens (tertiary/aromatic N) is 3. The number of rotatable bonds is 2. The Kier molecular flexibility index (Phi) is 2.69. The van der Waals surface area contributed by atoms with Gasteiger partial charge in [0.05, 0.1) is 33.6 Å². The summed E-state index contributed by atoms with van der Waals surface area (Å²) in [6.07, 6.45) is 0. The van der Waals surface area contributed by atoms with Crippen molar-refractivity contribution in [2.24, 2.45) is 0 Å². The highest BCUT2D eigenvalue weighted by Gasteiger charge is 2.09. The highest BCUT2D eigenvalue weighted by Crippen LogP contribution is 2.20. The molecule has 0 N–H and O–H groups in total. The second-order valence-electron chi connectivity index (χ2n) is 3.12. The fourth-order valence-electron chi connectivity index (χ4n) is 1.30. The van der Waals surface area contributed by atoms with Crippen molar-refractivity contribution in [3.8, 4) is 0 Å². The lowest BCUT2D eigenvalue weighted by Crippen LogP contribution is -2.03. The van der Waals surface area contributed by atoms with E-state index in [4.69, 9.17) is 0 Å². The van der Waals surface area contributed by atoms with Gasteiger partial charge in [0.2, 0.25) is 0 Å². The molecule has 14 heavy (non-hydrogen) atoms. The maximum absolute atomic E-state index is 4.42. The van der Waals surface area contributed by atoms with Gasteiger partial charge in [-0.2, -0.15) is 5.10 Å². The van der Waals surface area contributed by atoms with Crippen molar-refractivity contribution in [3.05, 3.63) is 32.4 Å². The van der Waals surface area contributed by atoms with Crippen molar-refractivity contribution in [2.75, 3.05) is 0 Å². The van der Waals surface area contributed by atoms with E-state index in [1.807, 2.05) is 22.5 Å². The molecule has 74 valence electrons. The molecular weight excluding hydrogens is 262 g/mol. The molecule has 2 heterocycles. The van der Waals surface area contributed by atoms with Crippen LogP contribution < -0.4 is 0 Å². The topological polar surface area (TPSA) is 30.7 Å². The zero-order valence-electron chi connectivity index (χ0n) is 7.99. The zero-order chi connectivity index (χ0) is 10.1. The van der Waals surface area contributed by atoms with Crippen LogP contribution >= 0.6 is 27.3 Å². The summed E-state index contributed by atoms with van der Waals surface area (Å²) in [5, 5.41) is 6.47. The molecule has 2 aromatic rings. The molecule has 0 fully saturated rings. The SMILES string of the molecule is Cc1nn(Cc2cscn2)c(C)c1Br. The molecule has 0 unspecified atom stereocenters. The number of thiazole rings is 1. The molecule has 5 heteroatoms. The second kappa shape index (κ2) is 3.82. The molecule has 0 spiro atoms. The first-order valence-electron chi connectivity index (χ1n) is 4.25. The van der Waals surface area contributed by atoms with Crippen molar-refractivity contribution in [3.63, 3.8) is 0 Å². The molecule has 0 aliphatic heterocycles. The first-order valence-corrected chi connectivity index (χ1v) is 5.98. The molecule has 0 amide bonds. The first kappa shape index (κ1) is 9.86. The van der Waals surface area contributed by atoms with Crippen molar-refractivity contribution in [1.82, 2.24) is 14.8 Å². The van der Waals surface area contributed by atoms with Gasteiger partial charge in [-0.1, -0.05) is 0 Å². The van der Waals surface area contributed by atoms with E-state index in [9.17, 15) is 0 Å². The highest BCUT2D eigenvalue weighted by molar-refractivity contribution is 9.10. The predicted molar refractivity (Wildman–Crippen MR) is 60.6 cm³/mol. The summed E-state index contributed by atoms with van der Waals surface area (Å²) >= 11 is 5.11. The molecule has 0 aromatic carbocycles. The minimum Gasteiger partial charge on any atom is -0.262 e. The number of halogens is 1. The van der Waals surface area contributed by atoms with Crippen LogP contribution in [0.25, 0.3) is 0 Å². The Hall–Kier alpha value is -0.680. The minimum atomic E-state index is 0.752. The van der Waals surface area contributed by atoms with E-state index in [1.54, 1.807) is 11.3 Å². The van der Waals surface area contributed by atoms with E-state index in [2.05, 4.69) is 32.9 Å². The van der Waals surface area contributed by atoms with Gasteiger partial charge in [0.1, 0.15) is 0 Å².